The molecule has 1 aliphatic rings. The molecule has 3 rings (SSSR count). The van der Waals surface area contributed by atoms with Crippen molar-refractivity contribution in [2.24, 2.45) is 0 Å². The number of nitrogens with zero attached hydrogens (tertiary/aromatic N) is 1. The summed E-state index contributed by atoms with van der Waals surface area (Å²) in [5.74, 6) is -2.18. The fourth-order valence-electron chi connectivity index (χ4n) is 2.52. The molecule has 0 aromatic heterocycles. The summed E-state index contributed by atoms with van der Waals surface area (Å²) in [5, 5.41) is 1.35. The van der Waals surface area contributed by atoms with Crippen molar-refractivity contribution in [1.29, 1.82) is 0 Å². The highest BCUT2D eigenvalue weighted by molar-refractivity contribution is 8.18. The van der Waals surface area contributed by atoms with Gasteiger partial charge in [-0.25, -0.2) is 4.39 Å². The van der Waals surface area contributed by atoms with E-state index in [2.05, 4.69) is 5.32 Å². The maximum atomic E-state index is 13.0. The van der Waals surface area contributed by atoms with Crippen LogP contribution in [0.1, 0.15) is 11.1 Å². The number of hydrogen-bond donors (Lipinski definition) is 1. The monoisotopic (exact) mass is 424 g/mol. The Bertz CT molecular complexity index is 1000. The Kier molecular flexibility index (Phi) is 5.73. The second-order valence-electron chi connectivity index (χ2n) is 5.91. The van der Waals surface area contributed by atoms with Gasteiger partial charge in [-0.15, -0.1) is 0 Å². The standard InChI is InChI=1S/C19H12F4N2O3S/c20-12-7-5-11(6-8-12)9-15-17(27)25(18(28)29-15)10-16(26)24-14-4-2-1-3-13(14)19(21,22)23/h1-9H,10H2,(H,24,26)/b15-9-. The molecule has 0 radical (unpaired) electrons. The lowest BCUT2D eigenvalue weighted by Crippen LogP contribution is -2.36. The van der Waals surface area contributed by atoms with Crippen LogP contribution in [0.15, 0.2) is 53.4 Å². The van der Waals surface area contributed by atoms with Gasteiger partial charge in [-0.05, 0) is 47.7 Å². The molecule has 0 atom stereocenters. The van der Waals surface area contributed by atoms with Gasteiger partial charge in [0, 0.05) is 0 Å². The first-order valence-corrected chi connectivity index (χ1v) is 8.94. The molecule has 1 fully saturated rings. The first kappa shape index (κ1) is 20.6. The quantitative estimate of drug-likeness (QED) is 0.579. The van der Waals surface area contributed by atoms with Crippen molar-refractivity contribution in [3.8, 4) is 0 Å². The summed E-state index contributed by atoms with van der Waals surface area (Å²) >= 11 is 0.581. The minimum Gasteiger partial charge on any atom is -0.324 e. The van der Waals surface area contributed by atoms with Gasteiger partial charge < -0.3 is 5.32 Å². The normalized spacial score (nSPS) is 15.9. The van der Waals surface area contributed by atoms with Crippen LogP contribution >= 0.6 is 11.8 Å². The van der Waals surface area contributed by atoms with Crippen LogP contribution < -0.4 is 5.32 Å². The van der Waals surface area contributed by atoms with Crippen LogP contribution in [0.2, 0.25) is 0 Å². The summed E-state index contributed by atoms with van der Waals surface area (Å²) in [6.07, 6.45) is -3.31. The van der Waals surface area contributed by atoms with E-state index in [0.717, 1.165) is 12.1 Å². The van der Waals surface area contributed by atoms with Crippen molar-refractivity contribution in [2.75, 3.05) is 11.9 Å². The van der Waals surface area contributed by atoms with Gasteiger partial charge in [-0.3, -0.25) is 19.3 Å². The van der Waals surface area contributed by atoms with Crippen LogP contribution in [0.4, 0.5) is 28.0 Å². The van der Waals surface area contributed by atoms with Crippen molar-refractivity contribution >= 4 is 40.6 Å². The molecular weight excluding hydrogens is 412 g/mol. The van der Waals surface area contributed by atoms with Gasteiger partial charge in [0.05, 0.1) is 16.2 Å². The summed E-state index contributed by atoms with van der Waals surface area (Å²) in [7, 11) is 0. The molecule has 2 aromatic rings. The largest absolute Gasteiger partial charge is 0.418 e. The number of thioether (sulfide) groups is 1. The van der Waals surface area contributed by atoms with E-state index in [1.807, 2.05) is 0 Å². The zero-order chi connectivity index (χ0) is 21.2. The molecule has 1 saturated heterocycles. The molecule has 0 saturated carbocycles. The molecule has 0 bridgehead atoms. The number of carbonyl (C=O) groups excluding carboxylic acids is 3. The molecule has 1 N–H and O–H groups in total. The minimum absolute atomic E-state index is 0.0186. The number of benzene rings is 2. The van der Waals surface area contributed by atoms with E-state index in [1.165, 1.54) is 42.5 Å². The van der Waals surface area contributed by atoms with Crippen molar-refractivity contribution in [1.82, 2.24) is 4.90 Å². The van der Waals surface area contributed by atoms with Crippen molar-refractivity contribution in [2.45, 2.75) is 6.18 Å². The number of alkyl halides is 3. The number of anilines is 1. The van der Waals surface area contributed by atoms with E-state index in [1.54, 1.807) is 0 Å². The molecule has 2 aromatic carbocycles. The van der Waals surface area contributed by atoms with Crippen LogP contribution in [0.25, 0.3) is 6.08 Å². The number of halogens is 4. The number of carbonyl (C=O) groups is 3. The zero-order valence-corrected chi connectivity index (χ0v) is 15.3. The predicted molar refractivity (Wildman–Crippen MR) is 99.2 cm³/mol. The van der Waals surface area contributed by atoms with Crippen LogP contribution in [0, 0.1) is 5.82 Å². The number of rotatable bonds is 4. The smallest absolute Gasteiger partial charge is 0.324 e. The summed E-state index contributed by atoms with van der Waals surface area (Å²) < 4.78 is 52.0. The lowest BCUT2D eigenvalue weighted by Gasteiger charge is -2.15. The second-order valence-corrected chi connectivity index (χ2v) is 6.90. The number of para-hydroxylation sites is 1. The first-order valence-electron chi connectivity index (χ1n) is 8.12. The van der Waals surface area contributed by atoms with Crippen molar-refractivity contribution in [3.05, 3.63) is 70.4 Å². The second kappa shape index (κ2) is 8.08. The van der Waals surface area contributed by atoms with E-state index in [9.17, 15) is 31.9 Å². The fourth-order valence-corrected chi connectivity index (χ4v) is 3.36. The third-order valence-electron chi connectivity index (χ3n) is 3.85. The van der Waals surface area contributed by atoms with Gasteiger partial charge in [0.2, 0.25) is 5.91 Å². The Labute approximate surface area is 166 Å². The molecule has 0 aliphatic carbocycles. The third kappa shape index (κ3) is 4.83. The van der Waals surface area contributed by atoms with Crippen LogP contribution in [-0.2, 0) is 15.8 Å². The molecule has 10 heteroatoms. The Balaban J connectivity index is 1.72. The topological polar surface area (TPSA) is 66.5 Å². The molecule has 3 amide bonds. The summed E-state index contributed by atoms with van der Waals surface area (Å²) in [6, 6.07) is 9.55. The average Bonchev–Trinajstić information content (AvgIpc) is 2.90. The highest BCUT2D eigenvalue weighted by Crippen LogP contribution is 2.35. The fraction of sp³-hybridized carbons (Fsp3) is 0.105. The molecule has 29 heavy (non-hydrogen) atoms. The minimum atomic E-state index is -4.68. The van der Waals surface area contributed by atoms with Gasteiger partial charge in [0.1, 0.15) is 12.4 Å². The Morgan fingerprint density at radius 2 is 1.72 bits per heavy atom. The molecule has 150 valence electrons. The van der Waals surface area contributed by atoms with Crippen molar-refractivity contribution < 1.29 is 31.9 Å². The van der Waals surface area contributed by atoms with E-state index >= 15 is 0 Å². The molecule has 1 heterocycles. The van der Waals surface area contributed by atoms with Gasteiger partial charge in [0.15, 0.2) is 0 Å². The maximum absolute atomic E-state index is 13.0. The SMILES string of the molecule is O=C(CN1C(=O)S/C(=C\c2ccc(F)cc2)C1=O)Nc1ccccc1C(F)(F)F. The van der Waals surface area contributed by atoms with E-state index in [-0.39, 0.29) is 4.91 Å². The maximum Gasteiger partial charge on any atom is 0.418 e. The molecule has 5 nitrogen and oxygen atoms in total. The van der Waals surface area contributed by atoms with Crippen LogP contribution in [0.3, 0.4) is 0 Å². The summed E-state index contributed by atoms with van der Waals surface area (Å²) in [5.41, 5.74) is -1.04. The molecule has 0 spiro atoms. The van der Waals surface area contributed by atoms with Gasteiger partial charge >= 0.3 is 6.18 Å². The van der Waals surface area contributed by atoms with Crippen LogP contribution in [-0.4, -0.2) is 28.5 Å². The Hall–Kier alpha value is -3.14. The van der Waals surface area contributed by atoms with Crippen molar-refractivity contribution in [3.63, 3.8) is 0 Å². The first-order chi connectivity index (χ1) is 13.6. The highest BCUT2D eigenvalue weighted by atomic mass is 32.2. The molecule has 1 aliphatic heterocycles. The van der Waals surface area contributed by atoms with Gasteiger partial charge in [0.25, 0.3) is 11.1 Å². The Morgan fingerprint density at radius 3 is 2.38 bits per heavy atom. The Morgan fingerprint density at radius 1 is 1.07 bits per heavy atom. The van der Waals surface area contributed by atoms with E-state index < -0.39 is 46.8 Å². The summed E-state index contributed by atoms with van der Waals surface area (Å²) in [6.45, 7) is -0.738. The lowest BCUT2D eigenvalue weighted by atomic mass is 10.1. The number of imide groups is 1. The number of hydrogen-bond acceptors (Lipinski definition) is 4. The van der Waals surface area contributed by atoms with Crippen LogP contribution in [0.5, 0.6) is 0 Å². The predicted octanol–water partition coefficient (Wildman–Crippen LogP) is 4.52. The highest BCUT2D eigenvalue weighted by Gasteiger charge is 2.37. The van der Waals surface area contributed by atoms with E-state index in [4.69, 9.17) is 0 Å². The average molecular weight is 424 g/mol. The zero-order valence-electron chi connectivity index (χ0n) is 14.5. The summed E-state index contributed by atoms with van der Waals surface area (Å²) in [4.78, 5) is 37.2. The number of amides is 3. The van der Waals surface area contributed by atoms with Gasteiger partial charge in [-0.2, -0.15) is 13.2 Å². The van der Waals surface area contributed by atoms with E-state index in [0.29, 0.717) is 22.2 Å². The lowest BCUT2D eigenvalue weighted by molar-refractivity contribution is -0.137. The molecular formula is C19H12F4N2O3S. The molecule has 0 unspecified atom stereocenters. The number of nitrogens with one attached hydrogen (secondary N) is 1. The third-order valence-corrected chi connectivity index (χ3v) is 4.76. The van der Waals surface area contributed by atoms with Gasteiger partial charge in [-0.1, -0.05) is 24.3 Å².